The van der Waals surface area contributed by atoms with E-state index in [-0.39, 0.29) is 75.1 Å². The summed E-state index contributed by atoms with van der Waals surface area (Å²) in [6.45, 7) is 1.15. The van der Waals surface area contributed by atoms with E-state index in [1.165, 1.54) is 52.1 Å². The topological polar surface area (TPSA) is 258 Å². The molecule has 0 saturated carbocycles. The number of unbranched alkanes of at least 4 members (excludes halogenated alkanes) is 2. The number of Topliss-reactive ketones (excluding diaryl/α,β-unsaturated/α-hetero) is 2. The van der Waals surface area contributed by atoms with Gasteiger partial charge < -0.3 is 35.6 Å². The van der Waals surface area contributed by atoms with Crippen LogP contribution in [-0.2, 0) is 38.6 Å². The molecule has 0 unspecified atom stereocenters. The quantitative estimate of drug-likeness (QED) is 0.0974. The fourth-order valence-corrected chi connectivity index (χ4v) is 8.69. The first-order chi connectivity index (χ1) is 26.9. The average Bonchev–Trinajstić information content (AvgIpc) is 3.15. The molecule has 1 aromatic heterocycles. The van der Waals surface area contributed by atoms with Crippen LogP contribution >= 0.6 is 0 Å². The Morgan fingerprint density at radius 3 is 1.89 bits per heavy atom. The number of carbonyl (C=O) groups excluding carboxylic acids is 3. The molecule has 2 aromatic rings. The van der Waals surface area contributed by atoms with Crippen molar-refractivity contribution in [3.63, 3.8) is 0 Å². The van der Waals surface area contributed by atoms with E-state index >= 15 is 0 Å². The van der Waals surface area contributed by atoms with Crippen molar-refractivity contribution in [2.45, 2.75) is 67.6 Å². The number of ether oxygens (including phenoxy) is 1. The number of nitrogens with two attached hydrogens (primary N) is 1. The number of piperidine rings is 1. The van der Waals surface area contributed by atoms with Gasteiger partial charge in [0.25, 0.3) is 0 Å². The molecule has 1 fully saturated rings. The minimum Gasteiger partial charge on any atom is -0.480 e. The number of hydrogen-bond donors (Lipinski definition) is 4. The van der Waals surface area contributed by atoms with Crippen LogP contribution in [0.25, 0.3) is 0 Å². The van der Waals surface area contributed by atoms with E-state index in [9.17, 15) is 42.3 Å². The van der Waals surface area contributed by atoms with Crippen molar-refractivity contribution in [2.24, 2.45) is 5.73 Å². The lowest BCUT2D eigenvalue weighted by atomic mass is 9.91. The van der Waals surface area contributed by atoms with Gasteiger partial charge >= 0.3 is 17.9 Å². The van der Waals surface area contributed by atoms with Crippen molar-refractivity contribution in [3.05, 3.63) is 48.8 Å². The van der Waals surface area contributed by atoms with Gasteiger partial charge in [0.2, 0.25) is 5.91 Å². The zero-order valence-electron chi connectivity index (χ0n) is 32.5. The monoisotopic (exact) mass is 818 g/mol. The normalized spacial score (nSPS) is 14.7. The van der Waals surface area contributed by atoms with E-state index in [2.05, 4.69) is 4.98 Å². The van der Waals surface area contributed by atoms with E-state index in [0.717, 1.165) is 0 Å². The van der Waals surface area contributed by atoms with E-state index < -0.39 is 57.4 Å². The number of carboxylic acid groups (broad SMARTS) is 3. The van der Waals surface area contributed by atoms with Crippen LogP contribution < -0.4 is 10.5 Å². The predicted molar refractivity (Wildman–Crippen MR) is 207 cm³/mol. The molecule has 19 heteroatoms. The Balaban J connectivity index is 1.42. The van der Waals surface area contributed by atoms with Gasteiger partial charge in [-0.2, -0.15) is 0 Å². The van der Waals surface area contributed by atoms with Crippen molar-refractivity contribution in [1.82, 2.24) is 24.6 Å². The third-order valence-corrected chi connectivity index (χ3v) is 12.5. The van der Waals surface area contributed by atoms with Crippen LogP contribution in [0.1, 0.15) is 51.9 Å². The summed E-state index contributed by atoms with van der Waals surface area (Å²) in [4.78, 5) is 82.4. The highest BCUT2D eigenvalue weighted by molar-refractivity contribution is 7.93. The second-order valence-electron chi connectivity index (χ2n) is 14.3. The maximum atomic E-state index is 13.9. The zero-order valence-corrected chi connectivity index (χ0v) is 33.3. The van der Waals surface area contributed by atoms with Crippen LogP contribution in [0.5, 0.6) is 11.5 Å². The summed E-state index contributed by atoms with van der Waals surface area (Å²) < 4.78 is 31.7. The van der Waals surface area contributed by atoms with Gasteiger partial charge in [0, 0.05) is 51.9 Å². The van der Waals surface area contributed by atoms with Gasteiger partial charge in [-0.25, -0.2) is 8.42 Å². The number of benzene rings is 1. The summed E-state index contributed by atoms with van der Waals surface area (Å²) in [5.74, 6) is -3.52. The number of hydrogen-bond acceptors (Lipinski definition) is 14. The number of pyridine rings is 1. The van der Waals surface area contributed by atoms with E-state index in [0.29, 0.717) is 50.3 Å². The van der Waals surface area contributed by atoms with Crippen LogP contribution in [0.3, 0.4) is 0 Å². The maximum absolute atomic E-state index is 13.9. The molecular formula is C38H54N6O12S. The number of rotatable bonds is 26. The third-order valence-electron chi connectivity index (χ3n) is 9.90. The Morgan fingerprint density at radius 1 is 0.825 bits per heavy atom. The molecule has 314 valence electrons. The second-order valence-corrected chi connectivity index (χ2v) is 16.6. The lowest BCUT2D eigenvalue weighted by molar-refractivity contribution is -0.142. The molecule has 1 aliphatic heterocycles. The molecular weight excluding hydrogens is 765 g/mol. The number of sulfone groups is 1. The molecule has 18 nitrogen and oxygen atoms in total. The zero-order chi connectivity index (χ0) is 42.2. The summed E-state index contributed by atoms with van der Waals surface area (Å²) in [5.41, 5.74) is 6.23. The highest BCUT2D eigenvalue weighted by Gasteiger charge is 2.51. The predicted octanol–water partition coefficient (Wildman–Crippen LogP) is 1.23. The van der Waals surface area contributed by atoms with Gasteiger partial charge in [-0.3, -0.25) is 43.6 Å². The van der Waals surface area contributed by atoms with Crippen LogP contribution in [0, 0.1) is 0 Å². The van der Waals surface area contributed by atoms with Gasteiger partial charge in [-0.05, 0) is 76.1 Å². The summed E-state index contributed by atoms with van der Waals surface area (Å²) in [6.07, 6.45) is 5.14. The van der Waals surface area contributed by atoms with Crippen molar-refractivity contribution in [2.75, 3.05) is 72.5 Å². The van der Waals surface area contributed by atoms with E-state index in [1.807, 2.05) is 0 Å². The summed E-state index contributed by atoms with van der Waals surface area (Å²) >= 11 is 0. The average molecular weight is 819 g/mol. The number of ketones is 2. The molecule has 0 spiro atoms. The van der Waals surface area contributed by atoms with E-state index in [1.54, 1.807) is 30.3 Å². The maximum Gasteiger partial charge on any atom is 0.317 e. The first kappa shape index (κ1) is 46.6. The number of likely N-dealkylation sites (tertiary alicyclic amines) is 1. The molecule has 1 saturated heterocycles. The molecule has 2 heterocycles. The summed E-state index contributed by atoms with van der Waals surface area (Å²) in [5, 5.41) is 27.4. The smallest absolute Gasteiger partial charge is 0.317 e. The third kappa shape index (κ3) is 14.6. The summed E-state index contributed by atoms with van der Waals surface area (Å²) in [6, 6.07) is 8.38. The fraction of sp³-hybridized carbons (Fsp3) is 0.553. The molecule has 5 N–H and O–H groups in total. The van der Waals surface area contributed by atoms with Crippen LogP contribution in [0.4, 0.5) is 0 Å². The van der Waals surface area contributed by atoms with Gasteiger partial charge in [0.05, 0.1) is 43.3 Å². The van der Waals surface area contributed by atoms with Gasteiger partial charge in [-0.1, -0.05) is 12.8 Å². The lowest BCUT2D eigenvalue weighted by Gasteiger charge is -2.40. The van der Waals surface area contributed by atoms with Crippen LogP contribution in [0.15, 0.2) is 53.7 Å². The molecule has 57 heavy (non-hydrogen) atoms. The Bertz CT molecular complexity index is 1770. The molecule has 0 bridgehead atoms. The fourth-order valence-electron chi connectivity index (χ4n) is 6.64. The number of aliphatic carboxylic acids is 3. The molecule has 0 radical (unpaired) electrons. The van der Waals surface area contributed by atoms with Crippen molar-refractivity contribution in [1.29, 1.82) is 0 Å². The largest absolute Gasteiger partial charge is 0.480 e. The second kappa shape index (κ2) is 22.2. The molecule has 1 aliphatic rings. The van der Waals surface area contributed by atoms with Crippen molar-refractivity contribution < 1.29 is 57.2 Å². The Labute approximate surface area is 332 Å². The van der Waals surface area contributed by atoms with Gasteiger partial charge in [0.15, 0.2) is 15.6 Å². The first-order valence-corrected chi connectivity index (χ1v) is 20.2. The molecule has 1 atom stereocenters. The molecule has 0 aliphatic carbocycles. The Hall–Kier alpha value is -4.82. The number of likely N-dealkylation sites (N-methyl/N-ethyl adjacent to an activating group) is 1. The standard InChI is InChI=1S/C38H54N6O12S/c1-28(45)38(57(54,55)32-12-10-30(11-13-32)56-31-8-6-16-40-23-31)14-17-44(18-15-38)37(53)33(39)9-5-3-4-7-29(46)24-42(25-34(47)48)21-19-41(2)20-22-43(26-35(49)50)27-36(51)52/h6,8,10-13,16,23,33H,3-5,7,9,14-15,17-22,24-27,39H2,1-2H3,(H,47,48)(H,49,50)(H,51,52)/t33-/m0/s1. The molecule has 1 amide bonds. The highest BCUT2D eigenvalue weighted by Crippen LogP contribution is 2.37. The van der Waals surface area contributed by atoms with Crippen LogP contribution in [0.2, 0.25) is 0 Å². The first-order valence-electron chi connectivity index (χ1n) is 18.7. The molecule has 3 rings (SSSR count). The number of nitrogens with zero attached hydrogens (tertiary/aromatic N) is 5. The lowest BCUT2D eigenvalue weighted by Crippen LogP contribution is -2.56. The number of carbonyl (C=O) groups is 6. The summed E-state index contributed by atoms with van der Waals surface area (Å²) in [7, 11) is -2.40. The van der Waals surface area contributed by atoms with Crippen LogP contribution in [-0.4, -0.2) is 167 Å². The Kier molecular flexibility index (Phi) is 18.1. The van der Waals surface area contributed by atoms with E-state index in [4.69, 9.17) is 20.7 Å². The minimum atomic E-state index is -4.13. The minimum absolute atomic E-state index is 0.0253. The molecule has 1 aromatic carbocycles. The SMILES string of the molecule is CC(=O)C1(S(=O)(=O)c2ccc(Oc3cccnc3)cc2)CCN(C(=O)[C@@H](N)CCCCCC(=O)CN(CCN(C)CCN(CC(=O)O)CC(=O)O)CC(=O)O)CC1. The van der Waals surface area contributed by atoms with Gasteiger partial charge in [-0.15, -0.1) is 0 Å². The van der Waals surface area contributed by atoms with Crippen molar-refractivity contribution >= 4 is 45.2 Å². The number of carboxylic acids is 3. The number of amides is 1. The highest BCUT2D eigenvalue weighted by atomic mass is 32.2. The van der Waals surface area contributed by atoms with Crippen molar-refractivity contribution in [3.8, 4) is 11.5 Å². The Morgan fingerprint density at radius 2 is 1.39 bits per heavy atom. The number of aromatic nitrogens is 1. The van der Waals surface area contributed by atoms with Gasteiger partial charge in [0.1, 0.15) is 22.0 Å².